The number of nitrogens with zero attached hydrogens (tertiary/aromatic N) is 2. The summed E-state index contributed by atoms with van der Waals surface area (Å²) in [6.07, 6.45) is 1.28. The lowest BCUT2D eigenvalue weighted by Crippen LogP contribution is -1.90. The predicted octanol–water partition coefficient (Wildman–Crippen LogP) is 0.00348. The van der Waals surface area contributed by atoms with Crippen molar-refractivity contribution in [1.82, 2.24) is 4.47 Å². The van der Waals surface area contributed by atoms with Crippen molar-refractivity contribution < 1.29 is 5.21 Å². The molecule has 0 atom stereocenters. The second-order valence-electron chi connectivity index (χ2n) is 0.389. The van der Waals surface area contributed by atoms with Gasteiger partial charge in [-0.05, 0) is 12.8 Å². The highest BCUT2D eigenvalue weighted by molar-refractivity contribution is 7.77. The van der Waals surface area contributed by atoms with Gasteiger partial charge in [0.25, 0.3) is 0 Å². The fourth-order valence-electron chi connectivity index (χ4n) is 0. The zero-order valence-electron chi connectivity index (χ0n) is 2.29. The molecule has 0 aliphatic carbocycles. The molecule has 0 aliphatic heterocycles. The summed E-state index contributed by atoms with van der Waals surface area (Å²) in [4.78, 5) is 0. The minimum Gasteiger partial charge on any atom is -0.269 e. The minimum atomic E-state index is 0.125. The first-order chi connectivity index (χ1) is 2.27. The highest BCUT2D eigenvalue weighted by Crippen LogP contribution is 1.74. The molecule has 0 aliphatic rings. The van der Waals surface area contributed by atoms with Crippen LogP contribution in [-0.2, 0) is 0 Å². The van der Waals surface area contributed by atoms with Crippen LogP contribution in [0.2, 0.25) is 0 Å². The number of hydrogen-bond acceptors (Lipinski definition) is 4. The molecule has 0 aromatic heterocycles. The number of rotatable bonds is 0. The Balaban J connectivity index is 2.94. The summed E-state index contributed by atoms with van der Waals surface area (Å²) < 4.78 is 0.125. The van der Waals surface area contributed by atoms with Crippen molar-refractivity contribution in [2.75, 3.05) is 0 Å². The van der Waals surface area contributed by atoms with Gasteiger partial charge >= 0.3 is 0 Å². The number of hydrogen-bond donors (Lipinski definition) is 2. The van der Waals surface area contributed by atoms with E-state index in [0.717, 1.165) is 0 Å². The highest BCUT2D eigenvalue weighted by atomic mass is 32.1. The smallest absolute Gasteiger partial charge is 0.216 e. The van der Waals surface area contributed by atoms with E-state index in [2.05, 4.69) is 12.8 Å². The topological polar surface area (TPSA) is 47.3 Å². The van der Waals surface area contributed by atoms with Crippen LogP contribution in [0.1, 0.15) is 0 Å². The lowest BCUT2D eigenvalue weighted by Gasteiger charge is -1.85. The van der Waals surface area contributed by atoms with Crippen molar-refractivity contribution >= 4 is 12.8 Å². The van der Waals surface area contributed by atoms with Crippen molar-refractivity contribution in [1.29, 1.82) is 5.26 Å². The maximum atomic E-state index is 7.70. The largest absolute Gasteiger partial charge is 0.269 e. The van der Waals surface area contributed by atoms with E-state index in [-0.39, 0.29) is 4.47 Å². The molecule has 5 heavy (non-hydrogen) atoms. The Hall–Kier alpha value is -0.400. The summed E-state index contributed by atoms with van der Waals surface area (Å²) in [6.45, 7) is 0. The average molecular weight is 90.1 g/mol. The van der Waals surface area contributed by atoms with Gasteiger partial charge in [0.2, 0.25) is 6.19 Å². The van der Waals surface area contributed by atoms with Crippen LogP contribution in [0.3, 0.4) is 0 Å². The van der Waals surface area contributed by atoms with E-state index >= 15 is 0 Å². The summed E-state index contributed by atoms with van der Waals surface area (Å²) in [5.41, 5.74) is 0. The van der Waals surface area contributed by atoms with E-state index in [1.165, 1.54) is 6.19 Å². The molecule has 0 saturated heterocycles. The Morgan fingerprint density at radius 2 is 2.20 bits per heavy atom. The Kier molecular flexibility index (Phi) is 1.73. The number of hydroxylamine groups is 1. The average Bonchev–Trinajstić information content (AvgIpc) is 1.38. The van der Waals surface area contributed by atoms with Crippen LogP contribution >= 0.6 is 12.8 Å². The molecule has 3 nitrogen and oxygen atoms in total. The van der Waals surface area contributed by atoms with E-state index in [9.17, 15) is 0 Å². The minimum absolute atomic E-state index is 0.125. The van der Waals surface area contributed by atoms with Gasteiger partial charge in [-0.25, -0.2) is 0 Å². The summed E-state index contributed by atoms with van der Waals surface area (Å²) >= 11 is 3.13. The van der Waals surface area contributed by atoms with Gasteiger partial charge in [-0.2, -0.15) is 5.26 Å². The molecule has 0 saturated carbocycles. The van der Waals surface area contributed by atoms with E-state index in [1.54, 1.807) is 0 Å². The molecule has 0 rings (SSSR count). The van der Waals surface area contributed by atoms with E-state index in [0.29, 0.717) is 0 Å². The van der Waals surface area contributed by atoms with E-state index in [4.69, 9.17) is 10.5 Å². The molecule has 0 heterocycles. The van der Waals surface area contributed by atoms with Gasteiger partial charge in [0.15, 0.2) is 0 Å². The maximum absolute atomic E-state index is 7.70. The van der Waals surface area contributed by atoms with Crippen molar-refractivity contribution in [3.8, 4) is 6.19 Å². The summed E-state index contributed by atoms with van der Waals surface area (Å²) in [7, 11) is 0. The lowest BCUT2D eigenvalue weighted by atomic mass is 11.4. The Bertz CT molecular complexity index is 55.2. The second-order valence-corrected chi connectivity index (χ2v) is 0.768. The molecule has 0 fully saturated rings. The predicted molar refractivity (Wildman–Crippen MR) is 18.2 cm³/mol. The summed E-state index contributed by atoms with van der Waals surface area (Å²) in [6, 6.07) is 0. The normalized spacial score (nSPS) is 5.80. The van der Waals surface area contributed by atoms with Crippen LogP contribution in [0.25, 0.3) is 0 Å². The van der Waals surface area contributed by atoms with Crippen molar-refractivity contribution in [3.63, 3.8) is 0 Å². The van der Waals surface area contributed by atoms with Gasteiger partial charge in [0.05, 0.1) is 0 Å². The second kappa shape index (κ2) is 1.88. The Morgan fingerprint density at radius 1 is 2.00 bits per heavy atom. The fourth-order valence-corrected chi connectivity index (χ4v) is 0. The monoisotopic (exact) mass is 90.0 g/mol. The van der Waals surface area contributed by atoms with Gasteiger partial charge < -0.3 is 0 Å². The number of nitriles is 1. The molecule has 0 radical (unpaired) electrons. The van der Waals surface area contributed by atoms with Crippen molar-refractivity contribution in [2.45, 2.75) is 0 Å². The lowest BCUT2D eigenvalue weighted by molar-refractivity contribution is 0.0818. The molecular weight excluding hydrogens is 88.1 g/mol. The van der Waals surface area contributed by atoms with Crippen LogP contribution in [0.5, 0.6) is 0 Å². The highest BCUT2D eigenvalue weighted by Gasteiger charge is 1.71. The molecule has 1 N–H and O–H groups in total. The van der Waals surface area contributed by atoms with Crippen LogP contribution in [-0.4, -0.2) is 9.68 Å². The molecule has 4 heteroatoms. The molecule has 0 aromatic carbocycles. The Morgan fingerprint density at radius 3 is 2.20 bits per heavy atom. The van der Waals surface area contributed by atoms with Gasteiger partial charge in [-0.3, -0.25) is 5.21 Å². The molecule has 0 bridgehead atoms. The Labute approximate surface area is 34.9 Å². The van der Waals surface area contributed by atoms with Crippen molar-refractivity contribution in [2.24, 2.45) is 0 Å². The molecular formula is CH2N2OS. The fraction of sp³-hybridized carbons (Fsp3) is 0. The maximum Gasteiger partial charge on any atom is 0.216 e. The van der Waals surface area contributed by atoms with Gasteiger partial charge in [-0.15, -0.1) is 4.47 Å². The molecule has 28 valence electrons. The summed E-state index contributed by atoms with van der Waals surface area (Å²) in [5, 5.41) is 15.2. The summed E-state index contributed by atoms with van der Waals surface area (Å²) in [5.74, 6) is 0. The zero-order valence-corrected chi connectivity index (χ0v) is 3.18. The molecule has 0 unspecified atom stereocenters. The van der Waals surface area contributed by atoms with E-state index in [1.807, 2.05) is 0 Å². The van der Waals surface area contributed by atoms with Crippen LogP contribution in [0.15, 0.2) is 0 Å². The van der Waals surface area contributed by atoms with Crippen molar-refractivity contribution in [3.05, 3.63) is 0 Å². The van der Waals surface area contributed by atoms with Crippen LogP contribution in [0, 0.1) is 11.5 Å². The third-order valence-electron chi connectivity index (χ3n) is 0.0894. The zero-order chi connectivity index (χ0) is 4.28. The molecule has 0 amide bonds. The van der Waals surface area contributed by atoms with Gasteiger partial charge in [-0.1, -0.05) is 0 Å². The first kappa shape index (κ1) is 4.60. The third kappa shape index (κ3) is 3.60. The first-order valence-corrected chi connectivity index (χ1v) is 1.25. The third-order valence-corrected chi connectivity index (χ3v) is 0.179. The quantitative estimate of drug-likeness (QED) is 0.190. The van der Waals surface area contributed by atoms with Gasteiger partial charge in [0, 0.05) is 0 Å². The van der Waals surface area contributed by atoms with E-state index < -0.39 is 0 Å². The van der Waals surface area contributed by atoms with Crippen LogP contribution < -0.4 is 0 Å². The molecule has 0 spiro atoms. The molecule has 0 aromatic rings. The number of thiol groups is 1. The standard InChI is InChI=1S/CH2N2OS/c2-1-3(4)5/h4-5H. The SMILES string of the molecule is N#CN(O)S. The van der Waals surface area contributed by atoms with Crippen LogP contribution in [0.4, 0.5) is 0 Å². The van der Waals surface area contributed by atoms with Gasteiger partial charge in [0.1, 0.15) is 0 Å². The first-order valence-electron chi connectivity index (χ1n) is 0.847.